The molecule has 0 saturated heterocycles. The van der Waals surface area contributed by atoms with Gasteiger partial charge in [0.05, 0.1) is 6.26 Å². The Kier molecular flexibility index (Phi) is 1.49. The Bertz CT molecular complexity index is 650. The summed E-state index contributed by atoms with van der Waals surface area (Å²) >= 11 is 0. The van der Waals surface area contributed by atoms with Gasteiger partial charge in [-0.1, -0.05) is 0 Å². The Morgan fingerprint density at radius 3 is 3.20 bits per heavy atom. The molecule has 0 aromatic carbocycles. The minimum absolute atomic E-state index is 0.234. The lowest BCUT2D eigenvalue weighted by Gasteiger charge is -1.98. The number of aromatic amines is 1. The average Bonchev–Trinajstić information content (AvgIpc) is 2.86. The van der Waals surface area contributed by atoms with Crippen LogP contribution in [0.4, 0.5) is 0 Å². The summed E-state index contributed by atoms with van der Waals surface area (Å²) in [6.07, 6.45) is 2.91. The Morgan fingerprint density at radius 2 is 2.40 bits per heavy atom. The topological polar surface area (TPSA) is 76.2 Å². The second-order valence-electron chi connectivity index (χ2n) is 2.99. The van der Waals surface area contributed by atoms with Crippen LogP contribution in [0.1, 0.15) is 0 Å². The first-order valence-electron chi connectivity index (χ1n) is 4.31. The number of hydrogen-bond acceptors (Lipinski definition) is 4. The number of H-pyrrole nitrogens is 1. The van der Waals surface area contributed by atoms with Crippen molar-refractivity contribution in [3.8, 4) is 11.5 Å². The molecule has 0 unspecified atom stereocenters. The zero-order chi connectivity index (χ0) is 10.3. The Morgan fingerprint density at radius 1 is 1.47 bits per heavy atom. The van der Waals surface area contributed by atoms with Gasteiger partial charge < -0.3 is 4.42 Å². The number of rotatable bonds is 1. The van der Waals surface area contributed by atoms with Gasteiger partial charge in [-0.05, 0) is 12.1 Å². The molecule has 0 saturated carbocycles. The molecule has 3 heterocycles. The summed E-state index contributed by atoms with van der Waals surface area (Å²) in [6, 6.07) is 4.93. The highest BCUT2D eigenvalue weighted by molar-refractivity contribution is 5.54. The molecule has 3 aromatic rings. The third-order valence-electron chi connectivity index (χ3n) is 2.05. The van der Waals surface area contributed by atoms with Crippen LogP contribution in [0.25, 0.3) is 17.2 Å². The van der Waals surface area contributed by atoms with E-state index in [4.69, 9.17) is 4.42 Å². The SMILES string of the molecule is O=c1cc(-c2ccco2)n2ncnc2[nH]1. The fourth-order valence-electron chi connectivity index (χ4n) is 1.43. The first kappa shape index (κ1) is 7.98. The van der Waals surface area contributed by atoms with Gasteiger partial charge in [0.25, 0.3) is 5.56 Å². The van der Waals surface area contributed by atoms with Crippen molar-refractivity contribution in [3.63, 3.8) is 0 Å². The van der Waals surface area contributed by atoms with Gasteiger partial charge in [-0.3, -0.25) is 9.78 Å². The molecular formula is C9H6N4O2. The maximum Gasteiger partial charge on any atom is 0.253 e. The lowest BCUT2D eigenvalue weighted by Crippen LogP contribution is -2.09. The van der Waals surface area contributed by atoms with Crippen LogP contribution in [-0.4, -0.2) is 19.6 Å². The summed E-state index contributed by atoms with van der Waals surface area (Å²) < 4.78 is 6.72. The Labute approximate surface area is 83.2 Å². The number of aromatic nitrogens is 4. The first-order valence-corrected chi connectivity index (χ1v) is 4.31. The summed E-state index contributed by atoms with van der Waals surface area (Å²) in [4.78, 5) is 17.8. The van der Waals surface area contributed by atoms with E-state index in [2.05, 4.69) is 15.1 Å². The maximum absolute atomic E-state index is 11.3. The molecule has 0 bridgehead atoms. The lowest BCUT2D eigenvalue weighted by atomic mass is 10.3. The van der Waals surface area contributed by atoms with E-state index in [-0.39, 0.29) is 5.56 Å². The van der Waals surface area contributed by atoms with Gasteiger partial charge in [0.1, 0.15) is 12.0 Å². The van der Waals surface area contributed by atoms with Crippen molar-refractivity contribution in [3.05, 3.63) is 41.1 Å². The van der Waals surface area contributed by atoms with Crippen molar-refractivity contribution in [1.82, 2.24) is 19.6 Å². The normalized spacial score (nSPS) is 10.9. The fourth-order valence-corrected chi connectivity index (χ4v) is 1.43. The molecule has 0 spiro atoms. The van der Waals surface area contributed by atoms with E-state index in [1.807, 2.05) is 0 Å². The van der Waals surface area contributed by atoms with Crippen molar-refractivity contribution in [2.75, 3.05) is 0 Å². The molecule has 3 rings (SSSR count). The highest BCUT2D eigenvalue weighted by Crippen LogP contribution is 2.17. The molecular weight excluding hydrogens is 196 g/mol. The zero-order valence-corrected chi connectivity index (χ0v) is 7.54. The van der Waals surface area contributed by atoms with Crippen LogP contribution in [0.15, 0.2) is 40.0 Å². The Hall–Kier alpha value is -2.37. The molecule has 0 amide bonds. The minimum Gasteiger partial charge on any atom is -0.463 e. The zero-order valence-electron chi connectivity index (χ0n) is 7.54. The van der Waals surface area contributed by atoms with Crippen molar-refractivity contribution < 1.29 is 4.42 Å². The largest absolute Gasteiger partial charge is 0.463 e. The predicted molar refractivity (Wildman–Crippen MR) is 51.3 cm³/mol. The standard InChI is InChI=1S/C9H6N4O2/c14-8-4-6(7-2-1-3-15-7)13-9(12-8)10-5-11-13/h1-5H,(H,10,11,12,14). The quantitative estimate of drug-likeness (QED) is 0.629. The lowest BCUT2D eigenvalue weighted by molar-refractivity contribution is 0.577. The van der Waals surface area contributed by atoms with Crippen molar-refractivity contribution in [2.24, 2.45) is 0 Å². The van der Waals surface area contributed by atoms with E-state index in [1.165, 1.54) is 16.9 Å². The molecule has 0 aliphatic rings. The van der Waals surface area contributed by atoms with Crippen molar-refractivity contribution in [2.45, 2.75) is 0 Å². The smallest absolute Gasteiger partial charge is 0.253 e. The third-order valence-corrected chi connectivity index (χ3v) is 2.05. The van der Waals surface area contributed by atoms with Crippen LogP contribution in [0.5, 0.6) is 0 Å². The molecule has 6 nitrogen and oxygen atoms in total. The monoisotopic (exact) mass is 202 g/mol. The highest BCUT2D eigenvalue weighted by Gasteiger charge is 2.08. The molecule has 0 atom stereocenters. The molecule has 15 heavy (non-hydrogen) atoms. The number of furan rings is 1. The second-order valence-corrected chi connectivity index (χ2v) is 2.99. The van der Waals surface area contributed by atoms with Crippen molar-refractivity contribution >= 4 is 5.78 Å². The molecule has 0 fully saturated rings. The second kappa shape index (κ2) is 2.81. The summed E-state index contributed by atoms with van der Waals surface area (Å²) in [5.74, 6) is 0.977. The van der Waals surface area contributed by atoms with Crippen LogP contribution in [0.3, 0.4) is 0 Å². The molecule has 6 heteroatoms. The van der Waals surface area contributed by atoms with Gasteiger partial charge >= 0.3 is 0 Å². The molecule has 0 aliphatic heterocycles. The van der Waals surface area contributed by atoms with E-state index in [0.29, 0.717) is 17.2 Å². The Balaban J connectivity index is 2.43. The van der Waals surface area contributed by atoms with E-state index in [9.17, 15) is 4.79 Å². The van der Waals surface area contributed by atoms with Crippen LogP contribution in [0.2, 0.25) is 0 Å². The highest BCUT2D eigenvalue weighted by atomic mass is 16.3. The van der Waals surface area contributed by atoms with Crippen molar-refractivity contribution in [1.29, 1.82) is 0 Å². The van der Waals surface area contributed by atoms with E-state index < -0.39 is 0 Å². The predicted octanol–water partition coefficient (Wildman–Crippen LogP) is 0.678. The van der Waals surface area contributed by atoms with Crippen LogP contribution in [0, 0.1) is 0 Å². The average molecular weight is 202 g/mol. The van der Waals surface area contributed by atoms with Gasteiger partial charge in [-0.2, -0.15) is 14.6 Å². The molecule has 0 radical (unpaired) electrons. The molecule has 74 valence electrons. The number of fused-ring (bicyclic) bond motifs is 1. The molecule has 0 aliphatic carbocycles. The van der Waals surface area contributed by atoms with E-state index in [1.54, 1.807) is 18.4 Å². The van der Waals surface area contributed by atoms with Crippen LogP contribution >= 0.6 is 0 Å². The number of hydrogen-bond donors (Lipinski definition) is 1. The van der Waals surface area contributed by atoms with E-state index >= 15 is 0 Å². The molecule has 1 N–H and O–H groups in total. The minimum atomic E-state index is -0.234. The van der Waals surface area contributed by atoms with E-state index in [0.717, 1.165) is 0 Å². The van der Waals surface area contributed by atoms with Gasteiger partial charge in [-0.25, -0.2) is 0 Å². The maximum atomic E-state index is 11.3. The molecule has 3 aromatic heterocycles. The van der Waals surface area contributed by atoms with Gasteiger partial charge in [-0.15, -0.1) is 0 Å². The van der Waals surface area contributed by atoms with Gasteiger partial charge in [0.15, 0.2) is 5.76 Å². The number of nitrogens with one attached hydrogen (secondary N) is 1. The summed E-state index contributed by atoms with van der Waals surface area (Å²) in [5.41, 5.74) is 0.346. The summed E-state index contributed by atoms with van der Waals surface area (Å²) in [6.45, 7) is 0. The van der Waals surface area contributed by atoms with Gasteiger partial charge in [0, 0.05) is 6.07 Å². The summed E-state index contributed by atoms with van der Waals surface area (Å²) in [7, 11) is 0. The third kappa shape index (κ3) is 1.15. The first-order chi connectivity index (χ1) is 7.34. The summed E-state index contributed by atoms with van der Waals surface area (Å²) in [5, 5.41) is 3.99. The van der Waals surface area contributed by atoms with Gasteiger partial charge in [0.2, 0.25) is 5.78 Å². The van der Waals surface area contributed by atoms with Crippen LogP contribution in [-0.2, 0) is 0 Å². The fraction of sp³-hybridized carbons (Fsp3) is 0. The van der Waals surface area contributed by atoms with Crippen LogP contribution < -0.4 is 5.56 Å². The number of nitrogens with zero attached hydrogens (tertiary/aromatic N) is 3.